The molecule has 2 atom stereocenters. The third-order valence-electron chi connectivity index (χ3n) is 3.41. The lowest BCUT2D eigenvalue weighted by Gasteiger charge is -2.26. The number of rotatable bonds is 6. The highest BCUT2D eigenvalue weighted by Crippen LogP contribution is 2.26. The molecule has 1 aliphatic heterocycles. The van der Waals surface area contributed by atoms with Crippen LogP contribution in [-0.4, -0.2) is 37.3 Å². The van der Waals surface area contributed by atoms with Gasteiger partial charge in [-0.3, -0.25) is 0 Å². The van der Waals surface area contributed by atoms with Crippen LogP contribution in [0.3, 0.4) is 0 Å². The van der Waals surface area contributed by atoms with Crippen molar-refractivity contribution < 1.29 is 4.74 Å². The Labute approximate surface area is 113 Å². The number of anilines is 1. The van der Waals surface area contributed by atoms with Crippen molar-refractivity contribution in [2.75, 3.05) is 25.1 Å². The molecule has 1 N–H and O–H groups in total. The number of thiazole rings is 1. The molecule has 0 radical (unpaired) electrons. The van der Waals surface area contributed by atoms with Gasteiger partial charge in [-0.05, 0) is 26.3 Å². The highest BCUT2D eigenvalue weighted by Gasteiger charge is 2.29. The largest absolute Gasteiger partial charge is 0.376 e. The van der Waals surface area contributed by atoms with Crippen molar-refractivity contribution >= 4 is 16.5 Å². The normalized spacial score (nSPS) is 23.5. The number of ether oxygens (including phenoxy) is 1. The molecule has 1 fully saturated rings. The first-order valence-electron chi connectivity index (χ1n) is 6.72. The van der Waals surface area contributed by atoms with Crippen LogP contribution in [-0.2, 0) is 11.3 Å². The van der Waals surface area contributed by atoms with E-state index in [9.17, 15) is 0 Å². The van der Waals surface area contributed by atoms with Gasteiger partial charge in [-0.25, -0.2) is 4.98 Å². The summed E-state index contributed by atoms with van der Waals surface area (Å²) in [6, 6.07) is 0.465. The van der Waals surface area contributed by atoms with Gasteiger partial charge in [0.05, 0.1) is 17.8 Å². The lowest BCUT2D eigenvalue weighted by Crippen LogP contribution is -2.36. The predicted molar refractivity (Wildman–Crippen MR) is 76.3 cm³/mol. The number of nitrogens with zero attached hydrogens (tertiary/aromatic N) is 2. The lowest BCUT2D eigenvalue weighted by molar-refractivity contribution is 0.118. The zero-order valence-electron chi connectivity index (χ0n) is 11.5. The van der Waals surface area contributed by atoms with Crippen LogP contribution >= 0.6 is 11.3 Å². The van der Waals surface area contributed by atoms with E-state index < -0.39 is 0 Å². The molecule has 102 valence electrons. The van der Waals surface area contributed by atoms with Crippen LogP contribution in [0.5, 0.6) is 0 Å². The maximum Gasteiger partial charge on any atom is 0.185 e. The number of aromatic nitrogens is 1. The smallest absolute Gasteiger partial charge is 0.185 e. The van der Waals surface area contributed by atoms with Crippen LogP contribution < -0.4 is 10.2 Å². The fraction of sp³-hybridized carbons (Fsp3) is 0.769. The summed E-state index contributed by atoms with van der Waals surface area (Å²) < 4.78 is 5.62. The lowest BCUT2D eigenvalue weighted by atomic mass is 10.1. The van der Waals surface area contributed by atoms with E-state index in [1.54, 1.807) is 11.3 Å². The van der Waals surface area contributed by atoms with Gasteiger partial charge in [0.1, 0.15) is 0 Å². The maximum absolute atomic E-state index is 5.62. The molecule has 5 heteroatoms. The minimum Gasteiger partial charge on any atom is -0.376 e. The van der Waals surface area contributed by atoms with Crippen LogP contribution in [0.4, 0.5) is 5.13 Å². The van der Waals surface area contributed by atoms with Crippen molar-refractivity contribution in [1.29, 1.82) is 0 Å². The quantitative estimate of drug-likeness (QED) is 0.804. The highest BCUT2D eigenvalue weighted by molar-refractivity contribution is 7.13. The second-order valence-corrected chi connectivity index (χ2v) is 5.68. The number of likely N-dealkylation sites (N-methyl/N-ethyl adjacent to an activating group) is 1. The molecule has 0 amide bonds. The molecule has 0 spiro atoms. The average Bonchev–Trinajstić information content (AvgIpc) is 2.98. The van der Waals surface area contributed by atoms with Gasteiger partial charge in [0.2, 0.25) is 0 Å². The molecule has 2 rings (SSSR count). The standard InChI is InChI=1S/C13H23N3OS/c1-4-6-14-8-11-9-18-13(15-11)16(3)12-5-7-17-10(12)2/h9-10,12,14H,4-8H2,1-3H3. The molecule has 0 saturated carbocycles. The molecular formula is C13H23N3OS. The monoisotopic (exact) mass is 269 g/mol. The Balaban J connectivity index is 1.92. The van der Waals surface area contributed by atoms with Gasteiger partial charge in [0.25, 0.3) is 0 Å². The molecule has 1 aliphatic rings. The molecule has 0 aliphatic carbocycles. The van der Waals surface area contributed by atoms with E-state index >= 15 is 0 Å². The summed E-state index contributed by atoms with van der Waals surface area (Å²) >= 11 is 1.72. The van der Waals surface area contributed by atoms with E-state index in [1.807, 2.05) is 0 Å². The molecular weight excluding hydrogens is 246 g/mol. The molecule has 18 heavy (non-hydrogen) atoms. The minimum absolute atomic E-state index is 0.306. The van der Waals surface area contributed by atoms with Gasteiger partial charge in [0, 0.05) is 25.6 Å². The average molecular weight is 269 g/mol. The molecule has 2 unspecified atom stereocenters. The zero-order valence-corrected chi connectivity index (χ0v) is 12.3. The van der Waals surface area contributed by atoms with Gasteiger partial charge < -0.3 is 15.0 Å². The zero-order chi connectivity index (χ0) is 13.0. The van der Waals surface area contributed by atoms with E-state index in [0.717, 1.165) is 43.4 Å². The second kappa shape index (κ2) is 6.50. The Kier molecular flexibility index (Phi) is 4.97. The number of hydrogen-bond donors (Lipinski definition) is 1. The third-order valence-corrected chi connectivity index (χ3v) is 4.39. The Hall–Kier alpha value is -0.650. The van der Waals surface area contributed by atoms with Crippen molar-refractivity contribution in [1.82, 2.24) is 10.3 Å². The SMILES string of the molecule is CCCNCc1csc(N(C)C2CCOC2C)n1. The molecule has 1 aromatic rings. The van der Waals surface area contributed by atoms with Gasteiger partial charge in [-0.1, -0.05) is 6.92 Å². The molecule has 0 bridgehead atoms. The Morgan fingerprint density at radius 2 is 2.44 bits per heavy atom. The second-order valence-electron chi connectivity index (χ2n) is 4.84. The van der Waals surface area contributed by atoms with Crippen molar-refractivity contribution in [2.45, 2.75) is 45.4 Å². The van der Waals surface area contributed by atoms with Crippen LogP contribution in [0.1, 0.15) is 32.4 Å². The third kappa shape index (κ3) is 3.22. The predicted octanol–water partition coefficient (Wildman–Crippen LogP) is 2.26. The first kappa shape index (κ1) is 13.8. The summed E-state index contributed by atoms with van der Waals surface area (Å²) in [5.41, 5.74) is 1.14. The topological polar surface area (TPSA) is 37.4 Å². The van der Waals surface area contributed by atoms with E-state index in [4.69, 9.17) is 4.74 Å². The van der Waals surface area contributed by atoms with Crippen LogP contribution in [0.15, 0.2) is 5.38 Å². The summed E-state index contributed by atoms with van der Waals surface area (Å²) in [6.07, 6.45) is 2.56. The van der Waals surface area contributed by atoms with Gasteiger partial charge in [-0.15, -0.1) is 11.3 Å². The fourth-order valence-electron chi connectivity index (χ4n) is 2.30. The highest BCUT2D eigenvalue weighted by atomic mass is 32.1. The summed E-state index contributed by atoms with van der Waals surface area (Å²) in [7, 11) is 2.12. The Bertz CT molecular complexity index is 369. The van der Waals surface area contributed by atoms with Crippen molar-refractivity contribution in [2.24, 2.45) is 0 Å². The summed E-state index contributed by atoms with van der Waals surface area (Å²) in [5.74, 6) is 0. The number of nitrogens with one attached hydrogen (secondary N) is 1. The van der Waals surface area contributed by atoms with E-state index in [1.165, 1.54) is 0 Å². The molecule has 1 aromatic heterocycles. The van der Waals surface area contributed by atoms with Gasteiger partial charge in [0.15, 0.2) is 5.13 Å². The first-order chi connectivity index (χ1) is 8.72. The summed E-state index contributed by atoms with van der Waals surface area (Å²) in [5, 5.41) is 6.63. The minimum atomic E-state index is 0.306. The Morgan fingerprint density at radius 3 is 3.11 bits per heavy atom. The van der Waals surface area contributed by atoms with Gasteiger partial charge >= 0.3 is 0 Å². The van der Waals surface area contributed by atoms with Crippen molar-refractivity contribution in [3.05, 3.63) is 11.1 Å². The Morgan fingerprint density at radius 1 is 1.61 bits per heavy atom. The summed E-state index contributed by atoms with van der Waals surface area (Å²) in [6.45, 7) is 7.11. The van der Waals surface area contributed by atoms with Gasteiger partial charge in [-0.2, -0.15) is 0 Å². The molecule has 4 nitrogen and oxygen atoms in total. The van der Waals surface area contributed by atoms with Crippen molar-refractivity contribution in [3.63, 3.8) is 0 Å². The van der Waals surface area contributed by atoms with Crippen LogP contribution in [0, 0.1) is 0 Å². The van der Waals surface area contributed by atoms with E-state index in [-0.39, 0.29) is 0 Å². The number of hydrogen-bond acceptors (Lipinski definition) is 5. The molecule has 1 saturated heterocycles. The maximum atomic E-state index is 5.62. The van der Waals surface area contributed by atoms with E-state index in [0.29, 0.717) is 12.1 Å². The van der Waals surface area contributed by atoms with Crippen LogP contribution in [0.2, 0.25) is 0 Å². The first-order valence-corrected chi connectivity index (χ1v) is 7.60. The molecule has 0 aromatic carbocycles. The van der Waals surface area contributed by atoms with Crippen LogP contribution in [0.25, 0.3) is 0 Å². The summed E-state index contributed by atoms with van der Waals surface area (Å²) in [4.78, 5) is 6.96. The van der Waals surface area contributed by atoms with Crippen molar-refractivity contribution in [3.8, 4) is 0 Å². The fourth-order valence-corrected chi connectivity index (χ4v) is 3.15. The van der Waals surface area contributed by atoms with E-state index in [2.05, 4.69) is 41.5 Å². The molecule has 2 heterocycles.